The second kappa shape index (κ2) is 4.62. The van der Waals surface area contributed by atoms with Gasteiger partial charge in [0.05, 0.1) is 4.92 Å². The van der Waals surface area contributed by atoms with Gasteiger partial charge >= 0.3 is 0 Å². The van der Waals surface area contributed by atoms with Crippen molar-refractivity contribution < 1.29 is 4.92 Å². The zero-order chi connectivity index (χ0) is 13.1. The van der Waals surface area contributed by atoms with E-state index in [1.807, 2.05) is 0 Å². The number of nitro groups is 1. The summed E-state index contributed by atoms with van der Waals surface area (Å²) < 4.78 is 0. The molecule has 18 heavy (non-hydrogen) atoms. The summed E-state index contributed by atoms with van der Waals surface area (Å²) in [5, 5.41) is 10.5. The van der Waals surface area contributed by atoms with E-state index in [4.69, 9.17) is 11.5 Å². The lowest BCUT2D eigenvalue weighted by molar-refractivity contribution is -0.384. The number of anilines is 2. The molecule has 2 rings (SSSR count). The molecule has 1 aromatic heterocycles. The molecule has 0 fully saturated rings. The summed E-state index contributed by atoms with van der Waals surface area (Å²) >= 11 is 0. The predicted molar refractivity (Wildman–Crippen MR) is 64.6 cm³/mol. The molecule has 0 amide bonds. The lowest BCUT2D eigenvalue weighted by atomic mass is 10.1. The van der Waals surface area contributed by atoms with Crippen LogP contribution in [0.5, 0.6) is 0 Å². The van der Waals surface area contributed by atoms with Crippen molar-refractivity contribution in [2.45, 2.75) is 6.42 Å². The Labute approximate surface area is 102 Å². The Morgan fingerprint density at radius 1 is 1.06 bits per heavy atom. The van der Waals surface area contributed by atoms with Crippen molar-refractivity contribution >= 4 is 17.6 Å². The van der Waals surface area contributed by atoms with E-state index in [0.717, 1.165) is 5.56 Å². The van der Waals surface area contributed by atoms with Gasteiger partial charge in [-0.3, -0.25) is 10.1 Å². The van der Waals surface area contributed by atoms with E-state index in [2.05, 4.69) is 15.0 Å². The lowest BCUT2D eigenvalue weighted by Gasteiger charge is -2.02. The van der Waals surface area contributed by atoms with Gasteiger partial charge in [0.1, 0.15) is 5.82 Å². The first-order chi connectivity index (χ1) is 8.54. The number of benzene rings is 1. The number of nitrogens with two attached hydrogens (primary N) is 2. The molecule has 1 aromatic carbocycles. The van der Waals surface area contributed by atoms with Crippen LogP contribution < -0.4 is 11.5 Å². The highest BCUT2D eigenvalue weighted by molar-refractivity contribution is 5.35. The zero-order valence-electron chi connectivity index (χ0n) is 9.28. The number of aromatic nitrogens is 3. The topological polar surface area (TPSA) is 134 Å². The maximum Gasteiger partial charge on any atom is 0.269 e. The highest BCUT2D eigenvalue weighted by Crippen LogP contribution is 2.14. The fourth-order valence-corrected chi connectivity index (χ4v) is 1.45. The summed E-state index contributed by atoms with van der Waals surface area (Å²) in [5.74, 6) is 0.535. The van der Waals surface area contributed by atoms with Crippen molar-refractivity contribution in [3.63, 3.8) is 0 Å². The summed E-state index contributed by atoms with van der Waals surface area (Å²) in [6.07, 6.45) is 0.384. The zero-order valence-corrected chi connectivity index (χ0v) is 9.28. The standard InChI is InChI=1S/C10H10N6O2/c11-9-13-8(14-10(12)15-9)5-6-1-3-7(4-2-6)16(17)18/h1-4H,5H2,(H4,11,12,13,14,15). The molecule has 0 bridgehead atoms. The minimum absolute atomic E-state index is 0.0356. The molecular formula is C10H10N6O2. The van der Waals surface area contributed by atoms with Crippen molar-refractivity contribution in [1.82, 2.24) is 15.0 Å². The van der Waals surface area contributed by atoms with Crippen LogP contribution in [0.3, 0.4) is 0 Å². The van der Waals surface area contributed by atoms with Gasteiger partial charge in [-0.25, -0.2) is 0 Å². The van der Waals surface area contributed by atoms with E-state index in [9.17, 15) is 10.1 Å². The maximum absolute atomic E-state index is 10.5. The van der Waals surface area contributed by atoms with Gasteiger partial charge in [0.25, 0.3) is 5.69 Å². The molecule has 92 valence electrons. The van der Waals surface area contributed by atoms with Crippen LogP contribution in [0, 0.1) is 10.1 Å². The average Bonchev–Trinajstić information content (AvgIpc) is 2.28. The Morgan fingerprint density at radius 2 is 1.61 bits per heavy atom. The number of nitrogens with zero attached hydrogens (tertiary/aromatic N) is 4. The van der Waals surface area contributed by atoms with E-state index < -0.39 is 4.92 Å². The van der Waals surface area contributed by atoms with Crippen molar-refractivity contribution in [2.75, 3.05) is 11.5 Å². The third-order valence-corrected chi connectivity index (χ3v) is 2.23. The van der Waals surface area contributed by atoms with Gasteiger partial charge in [-0.1, -0.05) is 12.1 Å². The third-order valence-electron chi connectivity index (χ3n) is 2.23. The molecule has 0 aliphatic carbocycles. The molecule has 8 heteroatoms. The molecule has 0 saturated heterocycles. The van der Waals surface area contributed by atoms with Gasteiger partial charge in [0, 0.05) is 18.6 Å². The number of non-ortho nitro benzene ring substituents is 1. The van der Waals surface area contributed by atoms with Gasteiger partial charge in [-0.05, 0) is 5.56 Å². The Kier molecular flexibility index (Phi) is 3.00. The smallest absolute Gasteiger partial charge is 0.269 e. The van der Waals surface area contributed by atoms with Gasteiger partial charge < -0.3 is 11.5 Å². The van der Waals surface area contributed by atoms with Crippen LogP contribution in [0.2, 0.25) is 0 Å². The first-order valence-electron chi connectivity index (χ1n) is 5.04. The van der Waals surface area contributed by atoms with E-state index >= 15 is 0 Å². The molecule has 0 saturated carbocycles. The third kappa shape index (κ3) is 2.67. The SMILES string of the molecule is Nc1nc(N)nc(Cc2ccc([N+](=O)[O-])cc2)n1. The maximum atomic E-state index is 10.5. The molecule has 0 spiro atoms. The number of hydrogen-bond donors (Lipinski definition) is 2. The van der Waals surface area contributed by atoms with Crippen LogP contribution in [0.4, 0.5) is 17.6 Å². The van der Waals surface area contributed by atoms with Crippen molar-refractivity contribution in [2.24, 2.45) is 0 Å². The minimum atomic E-state index is -0.456. The van der Waals surface area contributed by atoms with E-state index in [1.54, 1.807) is 12.1 Å². The number of nitro benzene ring substituents is 1. The van der Waals surface area contributed by atoms with Gasteiger partial charge in [0.2, 0.25) is 11.9 Å². The number of nitrogen functional groups attached to an aromatic ring is 2. The van der Waals surface area contributed by atoms with E-state index in [1.165, 1.54) is 12.1 Å². The highest BCUT2D eigenvalue weighted by atomic mass is 16.6. The second-order valence-electron chi connectivity index (χ2n) is 3.57. The molecule has 0 atom stereocenters. The predicted octanol–water partition coefficient (Wildman–Crippen LogP) is 0.535. The number of hydrogen-bond acceptors (Lipinski definition) is 7. The molecule has 8 nitrogen and oxygen atoms in total. The normalized spacial score (nSPS) is 10.2. The molecule has 0 radical (unpaired) electrons. The molecule has 2 aromatic rings. The summed E-state index contributed by atoms with van der Waals surface area (Å²) in [4.78, 5) is 21.6. The Bertz CT molecular complexity index is 563. The quantitative estimate of drug-likeness (QED) is 0.595. The highest BCUT2D eigenvalue weighted by Gasteiger charge is 2.06. The summed E-state index contributed by atoms with van der Waals surface area (Å²) in [6.45, 7) is 0. The summed E-state index contributed by atoms with van der Waals surface area (Å²) in [7, 11) is 0. The monoisotopic (exact) mass is 246 g/mol. The van der Waals surface area contributed by atoms with Crippen LogP contribution in [-0.2, 0) is 6.42 Å². The first kappa shape index (κ1) is 11.7. The fourth-order valence-electron chi connectivity index (χ4n) is 1.45. The van der Waals surface area contributed by atoms with Crippen LogP contribution in [0.25, 0.3) is 0 Å². The molecule has 0 unspecified atom stereocenters. The van der Waals surface area contributed by atoms with E-state index in [0.29, 0.717) is 12.2 Å². The molecule has 0 aliphatic heterocycles. The number of rotatable bonds is 3. The average molecular weight is 246 g/mol. The largest absolute Gasteiger partial charge is 0.368 e. The second-order valence-corrected chi connectivity index (χ2v) is 3.57. The van der Waals surface area contributed by atoms with Crippen LogP contribution >= 0.6 is 0 Å². The van der Waals surface area contributed by atoms with Crippen LogP contribution in [0.15, 0.2) is 24.3 Å². The Hall–Kier alpha value is -2.77. The van der Waals surface area contributed by atoms with E-state index in [-0.39, 0.29) is 17.6 Å². The fraction of sp³-hybridized carbons (Fsp3) is 0.100. The molecule has 4 N–H and O–H groups in total. The minimum Gasteiger partial charge on any atom is -0.368 e. The van der Waals surface area contributed by atoms with Crippen LogP contribution in [-0.4, -0.2) is 19.9 Å². The lowest BCUT2D eigenvalue weighted by Crippen LogP contribution is -2.07. The van der Waals surface area contributed by atoms with Gasteiger partial charge in [0.15, 0.2) is 0 Å². The molecule has 1 heterocycles. The molecular weight excluding hydrogens is 236 g/mol. The van der Waals surface area contributed by atoms with Crippen LogP contribution in [0.1, 0.15) is 11.4 Å². The summed E-state index contributed by atoms with van der Waals surface area (Å²) in [6, 6.07) is 6.11. The molecule has 0 aliphatic rings. The van der Waals surface area contributed by atoms with Crippen molar-refractivity contribution in [1.29, 1.82) is 0 Å². The Balaban J connectivity index is 2.20. The summed E-state index contributed by atoms with van der Waals surface area (Å²) in [5.41, 5.74) is 11.8. The van der Waals surface area contributed by atoms with Gasteiger partial charge in [-0.2, -0.15) is 15.0 Å². The van der Waals surface area contributed by atoms with Crippen molar-refractivity contribution in [3.8, 4) is 0 Å². The first-order valence-corrected chi connectivity index (χ1v) is 5.04. The van der Waals surface area contributed by atoms with Gasteiger partial charge in [-0.15, -0.1) is 0 Å². The van der Waals surface area contributed by atoms with Crippen molar-refractivity contribution in [3.05, 3.63) is 45.8 Å². The Morgan fingerprint density at radius 3 is 2.11 bits per heavy atom.